The average molecular weight is 322 g/mol. The number of fused-ring (bicyclic) bond motifs is 1. The molecule has 2 aromatic rings. The highest BCUT2D eigenvalue weighted by Crippen LogP contribution is 2.25. The van der Waals surface area contributed by atoms with Gasteiger partial charge in [-0.15, -0.1) is 0 Å². The molecule has 1 aliphatic rings. The fourth-order valence-electron chi connectivity index (χ4n) is 2.80. The number of furan rings is 1. The summed E-state index contributed by atoms with van der Waals surface area (Å²) in [6.45, 7) is 2.76. The summed E-state index contributed by atoms with van der Waals surface area (Å²) in [5.41, 5.74) is 1.14. The first-order valence-electron chi connectivity index (χ1n) is 7.27. The molecule has 1 aromatic carbocycles. The first kappa shape index (κ1) is 15.1. The third kappa shape index (κ3) is 2.62. The third-order valence-electron chi connectivity index (χ3n) is 3.93. The minimum Gasteiger partial charge on any atom is -0.463 e. The van der Waals surface area contributed by atoms with Crippen molar-refractivity contribution < 1.29 is 17.6 Å². The van der Waals surface area contributed by atoms with Crippen molar-refractivity contribution in [2.75, 3.05) is 19.6 Å². The maximum absolute atomic E-state index is 12.6. The number of benzene rings is 1. The quantitative estimate of drug-likeness (QED) is 0.927. The van der Waals surface area contributed by atoms with Crippen LogP contribution in [0.15, 0.2) is 34.9 Å². The molecule has 1 atom stereocenters. The van der Waals surface area contributed by atoms with E-state index in [4.69, 9.17) is 4.42 Å². The summed E-state index contributed by atoms with van der Waals surface area (Å²) in [4.78, 5) is 14.2. The van der Waals surface area contributed by atoms with E-state index >= 15 is 0 Å². The normalized spacial score (nSPS) is 19.0. The molecule has 0 unspecified atom stereocenters. The molecule has 118 valence electrons. The number of hydrogen-bond acceptors (Lipinski definition) is 4. The highest BCUT2D eigenvalue weighted by atomic mass is 32.2. The van der Waals surface area contributed by atoms with Gasteiger partial charge >= 0.3 is 0 Å². The predicted molar refractivity (Wildman–Crippen MR) is 83.1 cm³/mol. The maximum Gasteiger partial charge on any atom is 0.257 e. The molecule has 0 radical (unpaired) electrons. The zero-order valence-electron chi connectivity index (χ0n) is 12.3. The van der Waals surface area contributed by atoms with Gasteiger partial charge in [-0.2, -0.15) is 0 Å². The SMILES string of the molecule is CCNS(=O)(=O)[C@H]1CCN(C(=O)c2coc3ccccc23)C1. The number of nitrogens with zero attached hydrogens (tertiary/aromatic N) is 1. The summed E-state index contributed by atoms with van der Waals surface area (Å²) in [6, 6.07) is 7.32. The van der Waals surface area contributed by atoms with Crippen molar-refractivity contribution in [2.45, 2.75) is 18.6 Å². The number of nitrogens with one attached hydrogen (secondary N) is 1. The summed E-state index contributed by atoms with van der Waals surface area (Å²) in [7, 11) is -3.36. The highest BCUT2D eigenvalue weighted by Gasteiger charge is 2.35. The molecule has 1 aromatic heterocycles. The molecule has 0 saturated carbocycles. The zero-order chi connectivity index (χ0) is 15.7. The topological polar surface area (TPSA) is 79.6 Å². The fraction of sp³-hybridized carbons (Fsp3) is 0.400. The number of para-hydroxylation sites is 1. The molecule has 2 heterocycles. The lowest BCUT2D eigenvalue weighted by atomic mass is 10.1. The summed E-state index contributed by atoms with van der Waals surface area (Å²) in [5, 5.41) is 0.208. The van der Waals surface area contributed by atoms with Crippen LogP contribution in [0, 0.1) is 0 Å². The van der Waals surface area contributed by atoms with Gasteiger partial charge in [0.05, 0.1) is 10.8 Å². The minimum atomic E-state index is -3.36. The molecular weight excluding hydrogens is 304 g/mol. The Balaban J connectivity index is 1.80. The Morgan fingerprint density at radius 3 is 2.95 bits per heavy atom. The first-order chi connectivity index (χ1) is 10.5. The molecular formula is C15H18N2O4S. The smallest absolute Gasteiger partial charge is 0.257 e. The molecule has 1 fully saturated rings. The van der Waals surface area contributed by atoms with Gasteiger partial charge in [0.1, 0.15) is 11.8 Å². The molecule has 0 aliphatic carbocycles. The van der Waals surface area contributed by atoms with Crippen molar-refractivity contribution in [3.63, 3.8) is 0 Å². The summed E-state index contributed by atoms with van der Waals surface area (Å²) >= 11 is 0. The van der Waals surface area contributed by atoms with Crippen molar-refractivity contribution in [1.29, 1.82) is 0 Å². The second-order valence-electron chi connectivity index (χ2n) is 5.35. The number of rotatable bonds is 4. The first-order valence-corrected chi connectivity index (χ1v) is 8.81. The zero-order valence-corrected chi connectivity index (χ0v) is 13.1. The maximum atomic E-state index is 12.6. The second-order valence-corrected chi connectivity index (χ2v) is 7.40. The van der Waals surface area contributed by atoms with E-state index in [1.165, 1.54) is 6.26 Å². The number of sulfonamides is 1. The summed E-state index contributed by atoms with van der Waals surface area (Å²) < 4.78 is 32.0. The van der Waals surface area contributed by atoms with Crippen LogP contribution in [0.2, 0.25) is 0 Å². The number of amides is 1. The Morgan fingerprint density at radius 1 is 1.41 bits per heavy atom. The largest absolute Gasteiger partial charge is 0.463 e. The van der Waals surface area contributed by atoms with E-state index in [9.17, 15) is 13.2 Å². The molecule has 1 saturated heterocycles. The average Bonchev–Trinajstić information content (AvgIpc) is 3.14. The van der Waals surface area contributed by atoms with Gasteiger partial charge in [-0.1, -0.05) is 25.1 Å². The lowest BCUT2D eigenvalue weighted by molar-refractivity contribution is 0.0794. The number of likely N-dealkylation sites (tertiary alicyclic amines) is 1. The Bertz CT molecular complexity index is 797. The van der Waals surface area contributed by atoms with Crippen LogP contribution < -0.4 is 4.72 Å². The lowest BCUT2D eigenvalue weighted by Gasteiger charge is -2.16. The molecule has 1 amide bonds. The summed E-state index contributed by atoms with van der Waals surface area (Å²) in [5.74, 6) is -0.181. The van der Waals surface area contributed by atoms with Crippen molar-refractivity contribution in [3.8, 4) is 0 Å². The van der Waals surface area contributed by atoms with Crippen LogP contribution in [0.5, 0.6) is 0 Å². The van der Waals surface area contributed by atoms with E-state index in [2.05, 4.69) is 4.72 Å². The van der Waals surface area contributed by atoms with Crippen molar-refractivity contribution in [2.24, 2.45) is 0 Å². The molecule has 0 spiro atoms. The van der Waals surface area contributed by atoms with Crippen LogP contribution in [0.1, 0.15) is 23.7 Å². The number of carbonyl (C=O) groups is 1. The monoisotopic (exact) mass is 322 g/mol. The van der Waals surface area contributed by atoms with Crippen molar-refractivity contribution in [1.82, 2.24) is 9.62 Å². The van der Waals surface area contributed by atoms with Gasteiger partial charge in [-0.25, -0.2) is 13.1 Å². The Morgan fingerprint density at radius 2 is 2.18 bits per heavy atom. The van der Waals surface area contributed by atoms with Gasteiger partial charge in [-0.3, -0.25) is 4.79 Å². The summed E-state index contributed by atoms with van der Waals surface area (Å²) in [6.07, 6.45) is 1.90. The van der Waals surface area contributed by atoms with Crippen LogP contribution in [0.25, 0.3) is 11.0 Å². The van der Waals surface area contributed by atoms with Gasteiger partial charge in [0.2, 0.25) is 10.0 Å². The van der Waals surface area contributed by atoms with E-state index in [1.54, 1.807) is 17.9 Å². The van der Waals surface area contributed by atoms with E-state index < -0.39 is 15.3 Å². The van der Waals surface area contributed by atoms with Gasteiger partial charge < -0.3 is 9.32 Å². The van der Waals surface area contributed by atoms with Crippen LogP contribution in [0.4, 0.5) is 0 Å². The van der Waals surface area contributed by atoms with Crippen molar-refractivity contribution >= 4 is 26.9 Å². The fourth-order valence-corrected chi connectivity index (χ4v) is 4.23. The minimum absolute atomic E-state index is 0.181. The van der Waals surface area contributed by atoms with Gasteiger partial charge in [0.25, 0.3) is 5.91 Å². The highest BCUT2D eigenvalue weighted by molar-refractivity contribution is 7.90. The van der Waals surface area contributed by atoms with Crippen LogP contribution in [0.3, 0.4) is 0 Å². The van der Waals surface area contributed by atoms with Gasteiger partial charge in [0.15, 0.2) is 0 Å². The number of hydrogen-bond donors (Lipinski definition) is 1. The second kappa shape index (κ2) is 5.73. The molecule has 1 aliphatic heterocycles. The third-order valence-corrected chi connectivity index (χ3v) is 5.88. The van der Waals surface area contributed by atoms with Gasteiger partial charge in [0, 0.05) is 25.0 Å². The van der Waals surface area contributed by atoms with Crippen LogP contribution in [-0.2, 0) is 10.0 Å². The van der Waals surface area contributed by atoms with E-state index in [1.807, 2.05) is 18.2 Å². The molecule has 6 nitrogen and oxygen atoms in total. The predicted octanol–water partition coefficient (Wildman–Crippen LogP) is 1.59. The Hall–Kier alpha value is -1.86. The molecule has 0 bridgehead atoms. The van der Waals surface area contributed by atoms with Crippen molar-refractivity contribution in [3.05, 3.63) is 36.1 Å². The van der Waals surface area contributed by atoms with E-state index in [-0.39, 0.29) is 12.5 Å². The number of carbonyl (C=O) groups excluding carboxylic acids is 1. The van der Waals surface area contributed by atoms with E-state index in [0.717, 1.165) is 5.39 Å². The van der Waals surface area contributed by atoms with Crippen LogP contribution in [-0.4, -0.2) is 44.1 Å². The Labute approximate surface area is 129 Å². The van der Waals surface area contributed by atoms with Gasteiger partial charge in [-0.05, 0) is 12.5 Å². The standard InChI is InChI=1S/C15H18N2O4S/c1-2-16-22(19,20)11-7-8-17(9-11)15(18)13-10-21-14-6-4-3-5-12(13)14/h3-6,10-11,16H,2,7-9H2,1H3/t11-/m0/s1. The van der Waals surface area contributed by atoms with E-state index in [0.29, 0.717) is 30.7 Å². The molecule has 7 heteroatoms. The molecule has 3 rings (SSSR count). The molecule has 1 N–H and O–H groups in total. The lowest BCUT2D eigenvalue weighted by Crippen LogP contribution is -2.37. The Kier molecular flexibility index (Phi) is 3.92. The van der Waals surface area contributed by atoms with Crippen LogP contribution >= 0.6 is 0 Å². The molecule has 22 heavy (non-hydrogen) atoms.